The molecule has 2 atom stereocenters. The van der Waals surface area contributed by atoms with Crippen LogP contribution < -0.4 is 10.6 Å². The van der Waals surface area contributed by atoms with Crippen molar-refractivity contribution in [3.05, 3.63) is 29.3 Å². The molecule has 4 nitrogen and oxygen atoms in total. The van der Waals surface area contributed by atoms with E-state index in [1.165, 1.54) is 0 Å². The fourth-order valence-corrected chi connectivity index (χ4v) is 2.48. The number of rotatable bonds is 4. The summed E-state index contributed by atoms with van der Waals surface area (Å²) in [6.45, 7) is 8.79. The van der Waals surface area contributed by atoms with Crippen LogP contribution in [0.4, 0.5) is 5.69 Å². The largest absolute Gasteiger partial charge is 0.380 e. The standard InChI is InChI=1S/C16H24N2O2/c1-10(2)17-16(19)14-6-5-13(9-11(14)3)18-15-7-8-20-12(15)4/h5-6,9-10,12,15,18H,7-8H2,1-4H3,(H,17,19)/t12-,15-/m1/s1. The van der Waals surface area contributed by atoms with Crippen LogP contribution in [0.5, 0.6) is 0 Å². The molecule has 2 N–H and O–H groups in total. The van der Waals surface area contributed by atoms with E-state index in [9.17, 15) is 4.79 Å². The maximum Gasteiger partial charge on any atom is 0.251 e. The van der Waals surface area contributed by atoms with Gasteiger partial charge in [-0.2, -0.15) is 0 Å². The Kier molecular flexibility index (Phi) is 4.65. The molecule has 0 aliphatic carbocycles. The van der Waals surface area contributed by atoms with Crippen molar-refractivity contribution in [1.29, 1.82) is 0 Å². The summed E-state index contributed by atoms with van der Waals surface area (Å²) in [6, 6.07) is 6.38. The number of nitrogens with one attached hydrogen (secondary N) is 2. The highest BCUT2D eigenvalue weighted by atomic mass is 16.5. The van der Waals surface area contributed by atoms with Gasteiger partial charge in [-0.05, 0) is 57.9 Å². The zero-order chi connectivity index (χ0) is 14.7. The van der Waals surface area contributed by atoms with Crippen molar-refractivity contribution in [2.45, 2.75) is 52.3 Å². The fourth-order valence-electron chi connectivity index (χ4n) is 2.48. The SMILES string of the molecule is Cc1cc(N[C@@H]2CCO[C@@H]2C)ccc1C(=O)NC(C)C. The van der Waals surface area contributed by atoms with Crippen LogP contribution in [0.2, 0.25) is 0 Å². The number of benzene rings is 1. The van der Waals surface area contributed by atoms with Crippen LogP contribution in [0.15, 0.2) is 18.2 Å². The third-order valence-corrected chi connectivity index (χ3v) is 3.62. The molecular formula is C16H24N2O2. The van der Waals surface area contributed by atoms with Gasteiger partial charge in [-0.25, -0.2) is 0 Å². The topological polar surface area (TPSA) is 50.4 Å². The van der Waals surface area contributed by atoms with Gasteiger partial charge in [0.2, 0.25) is 0 Å². The van der Waals surface area contributed by atoms with Crippen molar-refractivity contribution in [1.82, 2.24) is 5.32 Å². The van der Waals surface area contributed by atoms with Crippen LogP contribution in [0.1, 0.15) is 43.1 Å². The van der Waals surface area contributed by atoms with Gasteiger partial charge < -0.3 is 15.4 Å². The lowest BCUT2D eigenvalue weighted by Gasteiger charge is -2.18. The second-order valence-electron chi connectivity index (χ2n) is 5.77. The van der Waals surface area contributed by atoms with Crippen molar-refractivity contribution in [3.8, 4) is 0 Å². The summed E-state index contributed by atoms with van der Waals surface area (Å²) in [4.78, 5) is 12.0. The lowest BCUT2D eigenvalue weighted by atomic mass is 10.1. The molecule has 0 radical (unpaired) electrons. The zero-order valence-corrected chi connectivity index (χ0v) is 12.7. The van der Waals surface area contributed by atoms with Crippen LogP contribution in [-0.4, -0.2) is 30.7 Å². The highest BCUT2D eigenvalue weighted by molar-refractivity contribution is 5.96. The molecule has 1 fully saturated rings. The minimum Gasteiger partial charge on any atom is -0.380 e. The van der Waals surface area contributed by atoms with Gasteiger partial charge in [-0.1, -0.05) is 0 Å². The summed E-state index contributed by atoms with van der Waals surface area (Å²) < 4.78 is 5.55. The number of aryl methyl sites for hydroxylation is 1. The average Bonchev–Trinajstić information content (AvgIpc) is 2.74. The Morgan fingerprint density at radius 1 is 1.40 bits per heavy atom. The quantitative estimate of drug-likeness (QED) is 0.889. The van der Waals surface area contributed by atoms with Crippen LogP contribution >= 0.6 is 0 Å². The Morgan fingerprint density at radius 2 is 2.15 bits per heavy atom. The first kappa shape index (κ1) is 14.9. The van der Waals surface area contributed by atoms with Crippen molar-refractivity contribution in [2.24, 2.45) is 0 Å². The fraction of sp³-hybridized carbons (Fsp3) is 0.562. The number of ether oxygens (including phenoxy) is 1. The summed E-state index contributed by atoms with van der Waals surface area (Å²) >= 11 is 0. The Bertz CT molecular complexity index is 485. The van der Waals surface area contributed by atoms with Gasteiger partial charge in [0, 0.05) is 23.9 Å². The molecule has 2 rings (SSSR count). The molecule has 0 saturated carbocycles. The summed E-state index contributed by atoms with van der Waals surface area (Å²) in [5.41, 5.74) is 2.77. The third kappa shape index (κ3) is 3.51. The summed E-state index contributed by atoms with van der Waals surface area (Å²) in [7, 11) is 0. The van der Waals surface area contributed by atoms with Gasteiger partial charge in [-0.15, -0.1) is 0 Å². The molecule has 1 heterocycles. The molecular weight excluding hydrogens is 252 g/mol. The minimum atomic E-state index is -0.0124. The number of carbonyl (C=O) groups excluding carboxylic acids is 1. The number of amides is 1. The van der Waals surface area contributed by atoms with Crippen LogP contribution in [-0.2, 0) is 4.74 Å². The van der Waals surface area contributed by atoms with E-state index in [1.807, 2.05) is 39.0 Å². The number of hydrogen-bond donors (Lipinski definition) is 2. The van der Waals surface area contributed by atoms with E-state index >= 15 is 0 Å². The average molecular weight is 276 g/mol. The normalized spacial score (nSPS) is 22.1. The van der Waals surface area contributed by atoms with E-state index < -0.39 is 0 Å². The first-order valence-corrected chi connectivity index (χ1v) is 7.27. The van der Waals surface area contributed by atoms with Gasteiger partial charge in [-0.3, -0.25) is 4.79 Å². The molecule has 1 aliphatic rings. The highest BCUT2D eigenvalue weighted by Gasteiger charge is 2.24. The molecule has 4 heteroatoms. The van der Waals surface area contributed by atoms with Crippen LogP contribution in [0, 0.1) is 6.92 Å². The molecule has 0 unspecified atom stereocenters. The maximum absolute atomic E-state index is 12.0. The third-order valence-electron chi connectivity index (χ3n) is 3.62. The summed E-state index contributed by atoms with van der Waals surface area (Å²) in [5.74, 6) is -0.0124. The van der Waals surface area contributed by atoms with E-state index in [0.717, 1.165) is 29.8 Å². The molecule has 1 aromatic rings. The van der Waals surface area contributed by atoms with E-state index in [0.29, 0.717) is 6.04 Å². The van der Waals surface area contributed by atoms with E-state index in [2.05, 4.69) is 17.6 Å². The predicted molar refractivity (Wildman–Crippen MR) is 81.2 cm³/mol. The monoisotopic (exact) mass is 276 g/mol. The smallest absolute Gasteiger partial charge is 0.251 e. The number of anilines is 1. The van der Waals surface area contributed by atoms with Gasteiger partial charge in [0.15, 0.2) is 0 Å². The number of carbonyl (C=O) groups is 1. The first-order chi connectivity index (χ1) is 9.47. The van der Waals surface area contributed by atoms with Gasteiger partial charge in [0.1, 0.15) is 0 Å². The second-order valence-corrected chi connectivity index (χ2v) is 5.77. The van der Waals surface area contributed by atoms with E-state index in [-0.39, 0.29) is 18.1 Å². The first-order valence-electron chi connectivity index (χ1n) is 7.27. The molecule has 110 valence electrons. The van der Waals surface area contributed by atoms with E-state index in [4.69, 9.17) is 4.74 Å². The number of hydrogen-bond acceptors (Lipinski definition) is 3. The second kappa shape index (κ2) is 6.27. The molecule has 0 bridgehead atoms. The minimum absolute atomic E-state index is 0.0124. The van der Waals surface area contributed by atoms with Crippen molar-refractivity contribution >= 4 is 11.6 Å². The Morgan fingerprint density at radius 3 is 2.70 bits per heavy atom. The van der Waals surface area contributed by atoms with Gasteiger partial charge in [0.05, 0.1) is 12.1 Å². The Hall–Kier alpha value is -1.55. The van der Waals surface area contributed by atoms with Gasteiger partial charge >= 0.3 is 0 Å². The summed E-state index contributed by atoms with van der Waals surface area (Å²) in [5, 5.41) is 6.40. The summed E-state index contributed by atoms with van der Waals surface area (Å²) in [6.07, 6.45) is 1.26. The van der Waals surface area contributed by atoms with Crippen molar-refractivity contribution in [3.63, 3.8) is 0 Å². The maximum atomic E-state index is 12.0. The van der Waals surface area contributed by atoms with Crippen molar-refractivity contribution < 1.29 is 9.53 Å². The van der Waals surface area contributed by atoms with Crippen LogP contribution in [0.25, 0.3) is 0 Å². The van der Waals surface area contributed by atoms with Crippen LogP contribution in [0.3, 0.4) is 0 Å². The zero-order valence-electron chi connectivity index (χ0n) is 12.7. The molecule has 0 aromatic heterocycles. The predicted octanol–water partition coefficient (Wildman–Crippen LogP) is 2.72. The Labute approximate surface area is 120 Å². The lowest BCUT2D eigenvalue weighted by Crippen LogP contribution is -2.30. The molecule has 1 amide bonds. The molecule has 0 spiro atoms. The molecule has 20 heavy (non-hydrogen) atoms. The van der Waals surface area contributed by atoms with Gasteiger partial charge in [0.25, 0.3) is 5.91 Å². The van der Waals surface area contributed by atoms with Crippen molar-refractivity contribution in [2.75, 3.05) is 11.9 Å². The van der Waals surface area contributed by atoms with E-state index in [1.54, 1.807) is 0 Å². The molecule has 1 saturated heterocycles. The lowest BCUT2D eigenvalue weighted by molar-refractivity contribution is 0.0942. The Balaban J connectivity index is 2.07. The molecule has 1 aromatic carbocycles. The highest BCUT2D eigenvalue weighted by Crippen LogP contribution is 2.21. The molecule has 1 aliphatic heterocycles.